The minimum Gasteiger partial charge on any atom is -0.463 e. The molecule has 6 atom stereocenters. The third kappa shape index (κ3) is 16.8. The van der Waals surface area contributed by atoms with E-state index < -0.39 is 0 Å². The largest absolute Gasteiger partial charge is 0.463 e. The van der Waals surface area contributed by atoms with Crippen LogP contribution in [-0.4, -0.2) is 60.8 Å². The third-order valence-electron chi connectivity index (χ3n) is 7.93. The average Bonchev–Trinajstić information content (AvgIpc) is 2.92. The lowest BCUT2D eigenvalue weighted by Gasteiger charge is -2.42. The Hall–Kier alpha value is -0.990. The van der Waals surface area contributed by atoms with Gasteiger partial charge in [0.15, 0.2) is 0 Å². The zero-order chi connectivity index (χ0) is 28.7. The van der Waals surface area contributed by atoms with Crippen LogP contribution in [0.25, 0.3) is 10.4 Å². The Bertz CT molecular complexity index is 665. The summed E-state index contributed by atoms with van der Waals surface area (Å²) in [5.41, 5.74) is 8.72. The van der Waals surface area contributed by atoms with Crippen LogP contribution in [0.1, 0.15) is 118 Å². The van der Waals surface area contributed by atoms with Crippen molar-refractivity contribution in [3.63, 3.8) is 0 Å². The van der Waals surface area contributed by atoms with Gasteiger partial charge in [0.2, 0.25) is 0 Å². The molecule has 1 heterocycles. The molecule has 0 aliphatic carbocycles. The van der Waals surface area contributed by atoms with E-state index in [9.17, 15) is 9.90 Å². The number of carbonyl (C=O) groups excluding carboxylic acids is 1. The number of esters is 1. The maximum atomic E-state index is 11.3. The molecule has 1 saturated heterocycles. The van der Waals surface area contributed by atoms with Crippen LogP contribution in [0, 0.1) is 17.8 Å². The Morgan fingerprint density at radius 2 is 1.54 bits per heavy atom. The van der Waals surface area contributed by atoms with Crippen LogP contribution in [0.2, 0.25) is 0 Å². The fourth-order valence-electron chi connectivity index (χ4n) is 5.05. The lowest BCUT2D eigenvalue weighted by molar-refractivity contribution is -0.153. The Balaban J connectivity index is 2.17. The van der Waals surface area contributed by atoms with E-state index in [0.717, 1.165) is 13.0 Å². The van der Waals surface area contributed by atoms with Crippen molar-refractivity contribution >= 4 is 17.7 Å². The van der Waals surface area contributed by atoms with E-state index in [0.29, 0.717) is 12.4 Å². The maximum Gasteiger partial charge on any atom is 0.302 e. The van der Waals surface area contributed by atoms with Crippen LogP contribution in [0.15, 0.2) is 5.11 Å². The predicted molar refractivity (Wildman–Crippen MR) is 161 cm³/mol. The number of hydrogen-bond acceptors (Lipinski definition) is 7. The molecule has 1 aliphatic heterocycles. The molecule has 0 aromatic heterocycles. The molecule has 0 spiro atoms. The van der Waals surface area contributed by atoms with Gasteiger partial charge in [-0.1, -0.05) is 109 Å². The molecule has 0 aromatic rings. The Morgan fingerprint density at radius 3 is 2.05 bits per heavy atom. The number of thioether (sulfide) groups is 1. The van der Waals surface area contributed by atoms with Gasteiger partial charge < -0.3 is 19.3 Å². The van der Waals surface area contributed by atoms with Crippen LogP contribution in [0.5, 0.6) is 0 Å². The average molecular weight is 572 g/mol. The van der Waals surface area contributed by atoms with Crippen molar-refractivity contribution < 1.29 is 24.1 Å². The number of unbranched alkanes of at least 4 members (excludes halogenated alkanes) is 13. The zero-order valence-electron chi connectivity index (χ0n) is 25.2. The SMILES string of the molecule is CCCCCCCCCCCCCCCCOC[C@@H](CO)CS[C@H]1OC(COC(C)=O)[C@@H](C)[C@H](C)C1N=[N+]=[N-]. The Labute approximate surface area is 242 Å². The standard InChI is InChI=1S/C30H57N3O5S/c1-5-6-7-8-9-10-11-12-13-14-15-16-17-18-19-36-21-27(20-34)23-39-30-29(32-33-31)25(3)24(2)28(38-30)22-37-26(4)35/h24-25,27-30,34H,5-23H2,1-4H3/t24-,25-,27+,28?,29?,30+/m0/s1. The van der Waals surface area contributed by atoms with Gasteiger partial charge in [0.25, 0.3) is 0 Å². The lowest BCUT2D eigenvalue weighted by Crippen LogP contribution is -2.49. The molecule has 0 bridgehead atoms. The molecule has 1 rings (SSSR count). The second-order valence-corrected chi connectivity index (χ2v) is 12.4. The molecule has 0 aromatic carbocycles. The molecule has 9 heteroatoms. The Morgan fingerprint density at radius 1 is 0.974 bits per heavy atom. The first kappa shape index (κ1) is 36.0. The van der Waals surface area contributed by atoms with E-state index in [4.69, 9.17) is 19.7 Å². The van der Waals surface area contributed by atoms with E-state index in [1.54, 1.807) is 11.8 Å². The Kier molecular flexibility index (Phi) is 21.9. The smallest absolute Gasteiger partial charge is 0.302 e. The summed E-state index contributed by atoms with van der Waals surface area (Å²) in [5.74, 6) is 0.448. The van der Waals surface area contributed by atoms with Crippen LogP contribution < -0.4 is 0 Å². The van der Waals surface area contributed by atoms with Crippen molar-refractivity contribution in [2.24, 2.45) is 22.9 Å². The van der Waals surface area contributed by atoms with Crippen molar-refractivity contribution in [3.8, 4) is 0 Å². The molecule has 1 aliphatic rings. The van der Waals surface area contributed by atoms with Gasteiger partial charge in [-0.15, -0.1) is 11.8 Å². The number of azide groups is 1. The molecule has 0 saturated carbocycles. The molecule has 39 heavy (non-hydrogen) atoms. The fraction of sp³-hybridized carbons (Fsp3) is 0.967. The summed E-state index contributed by atoms with van der Waals surface area (Å²) in [4.78, 5) is 14.3. The topological polar surface area (TPSA) is 114 Å². The van der Waals surface area contributed by atoms with Crippen molar-refractivity contribution in [2.75, 3.05) is 32.2 Å². The summed E-state index contributed by atoms with van der Waals surface area (Å²) in [5, 5.41) is 13.9. The summed E-state index contributed by atoms with van der Waals surface area (Å²) in [7, 11) is 0. The van der Waals surface area contributed by atoms with Gasteiger partial charge in [0.1, 0.15) is 12.0 Å². The second-order valence-electron chi connectivity index (χ2n) is 11.3. The van der Waals surface area contributed by atoms with Crippen LogP contribution >= 0.6 is 11.8 Å². The minimum atomic E-state index is -0.354. The van der Waals surface area contributed by atoms with Crippen LogP contribution in [-0.2, 0) is 19.0 Å². The minimum absolute atomic E-state index is 0.0152. The van der Waals surface area contributed by atoms with Crippen molar-refractivity contribution in [1.82, 2.24) is 0 Å². The van der Waals surface area contributed by atoms with Crippen molar-refractivity contribution in [2.45, 2.75) is 135 Å². The van der Waals surface area contributed by atoms with E-state index in [1.807, 2.05) is 13.8 Å². The maximum absolute atomic E-state index is 11.3. The number of ether oxygens (including phenoxy) is 3. The first-order valence-corrected chi connectivity index (χ1v) is 16.6. The normalized spacial score (nSPS) is 23.8. The third-order valence-corrected chi connectivity index (χ3v) is 9.31. The molecule has 0 amide bonds. The van der Waals surface area contributed by atoms with Gasteiger partial charge in [-0.2, -0.15) is 0 Å². The number of aliphatic hydroxyl groups excluding tert-OH is 1. The summed E-state index contributed by atoms with van der Waals surface area (Å²) in [6, 6.07) is -0.320. The fourth-order valence-corrected chi connectivity index (χ4v) is 6.44. The highest BCUT2D eigenvalue weighted by molar-refractivity contribution is 7.99. The first-order valence-electron chi connectivity index (χ1n) is 15.6. The number of nitrogens with zero attached hydrogens (tertiary/aromatic N) is 3. The summed E-state index contributed by atoms with van der Waals surface area (Å²) >= 11 is 1.54. The number of rotatable bonds is 24. The molecular weight excluding hydrogens is 514 g/mol. The monoisotopic (exact) mass is 571 g/mol. The van der Waals surface area contributed by atoms with Crippen LogP contribution in [0.3, 0.4) is 0 Å². The highest BCUT2D eigenvalue weighted by Gasteiger charge is 2.41. The lowest BCUT2D eigenvalue weighted by atomic mass is 9.83. The first-order chi connectivity index (χ1) is 18.9. The quantitative estimate of drug-likeness (QED) is 0.0412. The number of carbonyl (C=O) groups is 1. The molecule has 8 nitrogen and oxygen atoms in total. The van der Waals surface area contributed by atoms with Gasteiger partial charge in [0.05, 0.1) is 18.8 Å². The van der Waals surface area contributed by atoms with Gasteiger partial charge in [-0.05, 0) is 23.8 Å². The summed E-state index contributed by atoms with van der Waals surface area (Å²) in [6.45, 7) is 9.18. The number of hydrogen-bond donors (Lipinski definition) is 1. The van der Waals surface area contributed by atoms with Crippen LogP contribution in [0.4, 0.5) is 0 Å². The zero-order valence-corrected chi connectivity index (χ0v) is 26.0. The summed E-state index contributed by atoms with van der Waals surface area (Å²) in [6.07, 6.45) is 18.4. The molecule has 0 radical (unpaired) electrons. The van der Waals surface area contributed by atoms with E-state index in [-0.39, 0.29) is 54.5 Å². The van der Waals surface area contributed by atoms with E-state index >= 15 is 0 Å². The highest BCUT2D eigenvalue weighted by atomic mass is 32.2. The predicted octanol–water partition coefficient (Wildman–Crippen LogP) is 8.07. The molecule has 2 unspecified atom stereocenters. The molecule has 1 N–H and O–H groups in total. The van der Waals surface area contributed by atoms with Crippen molar-refractivity contribution in [3.05, 3.63) is 10.4 Å². The van der Waals surface area contributed by atoms with Gasteiger partial charge in [-0.3, -0.25) is 4.79 Å². The van der Waals surface area contributed by atoms with Gasteiger partial charge in [0, 0.05) is 36.7 Å². The highest BCUT2D eigenvalue weighted by Crippen LogP contribution is 2.38. The second kappa shape index (κ2) is 23.7. The summed E-state index contributed by atoms with van der Waals surface area (Å²) < 4.78 is 17.3. The van der Waals surface area contributed by atoms with Gasteiger partial charge >= 0.3 is 5.97 Å². The van der Waals surface area contributed by atoms with Gasteiger partial charge in [-0.25, -0.2) is 0 Å². The molecular formula is C30H57N3O5S. The van der Waals surface area contributed by atoms with Crippen molar-refractivity contribution in [1.29, 1.82) is 0 Å². The number of aliphatic hydroxyl groups is 1. The molecule has 1 fully saturated rings. The van der Waals surface area contributed by atoms with E-state index in [1.165, 1.54) is 90.4 Å². The van der Waals surface area contributed by atoms with E-state index in [2.05, 4.69) is 16.9 Å². The molecule has 228 valence electrons.